The smallest absolute Gasteiger partial charge is 0.308 e. The summed E-state index contributed by atoms with van der Waals surface area (Å²) < 4.78 is 64.8. The second-order valence-corrected chi connectivity index (χ2v) is 23.1. The predicted octanol–water partition coefficient (Wildman–Crippen LogP) is 9.26. The van der Waals surface area contributed by atoms with Crippen molar-refractivity contribution in [3.63, 3.8) is 0 Å². The highest BCUT2D eigenvalue weighted by atomic mass is 16.8. The minimum absolute atomic E-state index is 0.00636. The van der Waals surface area contributed by atoms with Crippen LogP contribution in [0.4, 0.5) is 0 Å². The van der Waals surface area contributed by atoms with Gasteiger partial charge >= 0.3 is 11.9 Å². The van der Waals surface area contributed by atoms with Crippen LogP contribution in [0.5, 0.6) is 0 Å². The Hall–Kier alpha value is -5.60. The van der Waals surface area contributed by atoms with E-state index in [1.165, 1.54) is 0 Å². The number of esters is 2. The highest BCUT2D eigenvalue weighted by molar-refractivity contribution is 5.78. The second-order valence-electron chi connectivity index (χ2n) is 23.1. The first-order chi connectivity index (χ1) is 39.5. The third kappa shape index (κ3) is 20.0. The molecule has 3 heterocycles. The molecule has 4 aromatic carbocycles. The number of hydrogen-bond donors (Lipinski definition) is 3. The highest BCUT2D eigenvalue weighted by Gasteiger charge is 2.54. The molecule has 5 unspecified atom stereocenters. The monoisotopic (exact) mass is 1140 g/mol. The lowest BCUT2D eigenvalue weighted by atomic mass is 9.92. The summed E-state index contributed by atoms with van der Waals surface area (Å²) in [5.41, 5.74) is 3.50. The molecule has 0 spiro atoms. The molecule has 4 aromatic rings. The maximum absolute atomic E-state index is 14.6. The van der Waals surface area contributed by atoms with Crippen LogP contribution in [-0.2, 0) is 86.4 Å². The van der Waals surface area contributed by atoms with E-state index in [-0.39, 0.29) is 81.9 Å². The first kappa shape index (κ1) is 64.0. The number of nitrogens with one attached hydrogen (secondary N) is 2. The average molecular weight is 1140 g/mol. The molecule has 2 amide bonds. The van der Waals surface area contributed by atoms with Gasteiger partial charge in [-0.25, -0.2) is 0 Å². The van der Waals surface area contributed by atoms with E-state index in [0.29, 0.717) is 25.9 Å². The van der Waals surface area contributed by atoms with Crippen LogP contribution in [0.25, 0.3) is 0 Å². The van der Waals surface area contributed by atoms with Crippen molar-refractivity contribution in [1.29, 1.82) is 0 Å². The quantitative estimate of drug-likeness (QED) is 0.0416. The lowest BCUT2D eigenvalue weighted by Gasteiger charge is -2.49. The number of aliphatic hydroxyl groups excluding tert-OH is 1. The lowest BCUT2D eigenvalue weighted by Crippen LogP contribution is -2.68. The summed E-state index contributed by atoms with van der Waals surface area (Å²) >= 11 is 0. The third-order valence-corrected chi connectivity index (χ3v) is 14.7. The van der Waals surface area contributed by atoms with Gasteiger partial charge in [-0.05, 0) is 60.6 Å². The summed E-state index contributed by atoms with van der Waals surface area (Å²) in [5, 5.41) is 18.5. The number of ether oxygens (including phenoxy) is 10. The van der Waals surface area contributed by atoms with E-state index in [1.54, 1.807) is 13.8 Å². The van der Waals surface area contributed by atoms with Crippen molar-refractivity contribution < 1.29 is 71.7 Å². The number of amides is 2. The second kappa shape index (κ2) is 32.5. The van der Waals surface area contributed by atoms with Gasteiger partial charge in [0.2, 0.25) is 11.8 Å². The Morgan fingerprint density at radius 3 is 1.63 bits per heavy atom. The lowest BCUT2D eigenvalue weighted by molar-refractivity contribution is -0.349. The summed E-state index contributed by atoms with van der Waals surface area (Å²) in [7, 11) is 0. The fourth-order valence-corrected chi connectivity index (χ4v) is 10.7. The molecule has 0 aliphatic carbocycles. The van der Waals surface area contributed by atoms with Gasteiger partial charge in [-0.2, -0.15) is 0 Å². The molecule has 0 saturated carbocycles. The topological polar surface area (TPSA) is 205 Å². The van der Waals surface area contributed by atoms with Crippen molar-refractivity contribution in [2.45, 2.75) is 206 Å². The van der Waals surface area contributed by atoms with Crippen molar-refractivity contribution in [2.24, 2.45) is 17.8 Å². The Morgan fingerprint density at radius 2 is 1.09 bits per heavy atom. The number of aliphatic hydroxyl groups is 1. The zero-order chi connectivity index (χ0) is 58.5. The number of benzene rings is 4. The van der Waals surface area contributed by atoms with Crippen LogP contribution < -0.4 is 10.6 Å². The zero-order valence-corrected chi connectivity index (χ0v) is 49.0. The summed E-state index contributed by atoms with van der Waals surface area (Å²) in [6, 6.07) is 36.2. The molecule has 17 nitrogen and oxygen atoms in total. The molecule has 0 aromatic heterocycles. The van der Waals surface area contributed by atoms with Crippen molar-refractivity contribution in [2.75, 3.05) is 13.2 Å². The standard InChI is InChI=1S/C65H88N2O15/c1-9-56(70)79-51(32-43(6)7)34-55(69)67-59-63(81-57(71)35-50(31-42(4)5)74-37-46-24-16-11-17-25-46)62-53(40-76-64(82-62)48-28-20-13-21-29-48)80-65(59)77-39-52-61(75-38-47-26-18-12-19-27-47)60(72)58(44(8)78-52)66-54(68)33-49(30-41(2)3)73-36-45-22-14-10-15-23-45/h10-29,41-44,49-53,58-65,72H,9,30-40H2,1-8H3,(H,66,68)(H,67,69)/t44-,49+,50+,51+,52?,53?,58?,59?,60+,61-,62-,63+,64?,65+/m0/s1. The molecule has 3 aliphatic rings. The van der Waals surface area contributed by atoms with E-state index in [1.807, 2.05) is 135 Å². The fraction of sp³-hybridized carbons (Fsp3) is 0.569. The maximum atomic E-state index is 14.6. The minimum Gasteiger partial charge on any atom is -0.462 e. The van der Waals surface area contributed by atoms with Gasteiger partial charge in [0.25, 0.3) is 0 Å². The Balaban J connectivity index is 1.17. The molecule has 0 radical (unpaired) electrons. The summed E-state index contributed by atoms with van der Waals surface area (Å²) in [5.74, 6) is -1.36. The number of carbonyl (C=O) groups is 4. The number of hydrogen-bond acceptors (Lipinski definition) is 15. The molecule has 14 atom stereocenters. The third-order valence-electron chi connectivity index (χ3n) is 14.7. The van der Waals surface area contributed by atoms with Gasteiger partial charge in [0.15, 0.2) is 18.7 Å². The van der Waals surface area contributed by atoms with Crippen LogP contribution in [0.1, 0.15) is 129 Å². The van der Waals surface area contributed by atoms with Crippen LogP contribution >= 0.6 is 0 Å². The van der Waals surface area contributed by atoms with Gasteiger partial charge < -0.3 is 63.1 Å². The first-order valence-corrected chi connectivity index (χ1v) is 29.4. The molecule has 3 N–H and O–H groups in total. The van der Waals surface area contributed by atoms with Gasteiger partial charge in [-0.3, -0.25) is 19.2 Å². The van der Waals surface area contributed by atoms with Crippen molar-refractivity contribution in [1.82, 2.24) is 10.6 Å². The fourth-order valence-electron chi connectivity index (χ4n) is 10.7. The van der Waals surface area contributed by atoms with Crippen LogP contribution in [-0.4, -0.2) is 121 Å². The van der Waals surface area contributed by atoms with E-state index in [9.17, 15) is 24.3 Å². The van der Waals surface area contributed by atoms with Crippen molar-refractivity contribution in [3.05, 3.63) is 144 Å². The average Bonchev–Trinajstić information content (AvgIpc) is 2.92. The Bertz CT molecular complexity index is 2520. The minimum atomic E-state index is -1.34. The van der Waals surface area contributed by atoms with Gasteiger partial charge in [0.1, 0.15) is 42.7 Å². The number of carbonyl (C=O) groups excluding carboxylic acids is 4. The zero-order valence-electron chi connectivity index (χ0n) is 49.0. The predicted molar refractivity (Wildman–Crippen MR) is 306 cm³/mol. The molecule has 3 saturated heterocycles. The van der Waals surface area contributed by atoms with E-state index < -0.39 is 97.4 Å². The number of fused-ring (bicyclic) bond motifs is 1. The molecule has 7 rings (SSSR count). The molecule has 0 bridgehead atoms. The Kier molecular flexibility index (Phi) is 25.3. The molecule has 448 valence electrons. The molecule has 3 fully saturated rings. The molecule has 17 heteroatoms. The summed E-state index contributed by atoms with van der Waals surface area (Å²) in [6.45, 7) is 16.1. The highest BCUT2D eigenvalue weighted by Crippen LogP contribution is 2.37. The van der Waals surface area contributed by atoms with Crippen LogP contribution in [0, 0.1) is 17.8 Å². The van der Waals surface area contributed by atoms with Crippen molar-refractivity contribution in [3.8, 4) is 0 Å². The van der Waals surface area contributed by atoms with E-state index in [0.717, 1.165) is 22.3 Å². The van der Waals surface area contributed by atoms with E-state index >= 15 is 0 Å². The molecule has 82 heavy (non-hydrogen) atoms. The van der Waals surface area contributed by atoms with Gasteiger partial charge in [-0.1, -0.05) is 170 Å². The van der Waals surface area contributed by atoms with Crippen molar-refractivity contribution >= 4 is 23.8 Å². The van der Waals surface area contributed by atoms with Crippen LogP contribution in [0.15, 0.2) is 121 Å². The SMILES string of the molecule is CCC(=O)O[C@@H](CC(=O)NC1[C@H](OCC2O[C@@H](C)C(NC(=O)C[C@@H](CC(C)C)OCc3ccccc3)[C@@H](O)[C@H]2OCc2ccccc2)OC2COC(c3ccccc3)O[C@@H]2[C@@H]1OC(=O)C[C@@H](CC(C)C)OCc1ccccc1)CC(C)C. The van der Waals surface area contributed by atoms with Crippen LogP contribution in [0.2, 0.25) is 0 Å². The Morgan fingerprint density at radius 1 is 0.585 bits per heavy atom. The normalized spacial score (nSPS) is 25.6. The van der Waals surface area contributed by atoms with Crippen LogP contribution in [0.3, 0.4) is 0 Å². The number of rotatable bonds is 30. The van der Waals surface area contributed by atoms with Gasteiger partial charge in [0, 0.05) is 12.0 Å². The largest absolute Gasteiger partial charge is 0.462 e. The molecular weight excluding hydrogens is 1050 g/mol. The summed E-state index contributed by atoms with van der Waals surface area (Å²) in [6.07, 6.45) is -9.59. The first-order valence-electron chi connectivity index (χ1n) is 29.4. The van der Waals surface area contributed by atoms with Gasteiger partial charge in [-0.15, -0.1) is 0 Å². The summed E-state index contributed by atoms with van der Waals surface area (Å²) in [4.78, 5) is 55.8. The van der Waals surface area contributed by atoms with E-state index in [2.05, 4.69) is 38.3 Å². The molecule has 3 aliphatic heterocycles. The molecular formula is C65H88N2O15. The van der Waals surface area contributed by atoms with Gasteiger partial charge in [0.05, 0.1) is 76.7 Å². The maximum Gasteiger partial charge on any atom is 0.308 e. The van der Waals surface area contributed by atoms with E-state index in [4.69, 9.17) is 47.4 Å². The Labute approximate surface area is 484 Å².